The van der Waals surface area contributed by atoms with Crippen LogP contribution in [-0.4, -0.2) is 44.5 Å². The number of hydrogen-bond acceptors (Lipinski definition) is 6. The van der Waals surface area contributed by atoms with E-state index >= 15 is 0 Å². The van der Waals surface area contributed by atoms with Crippen molar-refractivity contribution in [3.05, 3.63) is 56.9 Å². The summed E-state index contributed by atoms with van der Waals surface area (Å²) in [6.07, 6.45) is 3.17. The van der Waals surface area contributed by atoms with E-state index < -0.39 is 11.2 Å². The summed E-state index contributed by atoms with van der Waals surface area (Å²) in [5, 5.41) is 0.677. The predicted octanol–water partition coefficient (Wildman–Crippen LogP) is 1.91. The SMILES string of the molecule is Cc1cccc2sc(OC3CCN(C(=O)CCn4ccc(=O)[nH]c4=O)CC3)nc12. The Labute approximate surface area is 170 Å². The van der Waals surface area contributed by atoms with Gasteiger partial charge in [-0.15, -0.1) is 0 Å². The van der Waals surface area contributed by atoms with Gasteiger partial charge in [0.25, 0.3) is 10.8 Å². The Morgan fingerprint density at radius 3 is 2.79 bits per heavy atom. The number of nitrogens with one attached hydrogen (secondary N) is 1. The summed E-state index contributed by atoms with van der Waals surface area (Å²) < 4.78 is 8.52. The Balaban J connectivity index is 1.29. The molecule has 8 nitrogen and oxygen atoms in total. The molecule has 1 saturated heterocycles. The molecule has 0 saturated carbocycles. The average Bonchev–Trinajstić information content (AvgIpc) is 3.11. The minimum Gasteiger partial charge on any atom is -0.467 e. The number of benzene rings is 1. The maximum Gasteiger partial charge on any atom is 0.328 e. The van der Waals surface area contributed by atoms with Crippen LogP contribution < -0.4 is 16.0 Å². The Kier molecular flexibility index (Phi) is 5.48. The zero-order valence-corrected chi connectivity index (χ0v) is 16.9. The molecule has 1 aromatic carbocycles. The molecule has 1 amide bonds. The van der Waals surface area contributed by atoms with Gasteiger partial charge in [0.2, 0.25) is 5.91 Å². The third-order valence-electron chi connectivity index (χ3n) is 5.13. The monoisotopic (exact) mass is 414 g/mol. The van der Waals surface area contributed by atoms with Crippen molar-refractivity contribution in [3.8, 4) is 5.19 Å². The number of hydrogen-bond donors (Lipinski definition) is 1. The summed E-state index contributed by atoms with van der Waals surface area (Å²) in [5.41, 5.74) is 1.18. The molecular weight excluding hydrogens is 392 g/mol. The van der Waals surface area contributed by atoms with Crippen molar-refractivity contribution >= 4 is 27.5 Å². The lowest BCUT2D eigenvalue weighted by Crippen LogP contribution is -2.42. The van der Waals surface area contributed by atoms with Crippen molar-refractivity contribution in [2.24, 2.45) is 0 Å². The summed E-state index contributed by atoms with van der Waals surface area (Å²) in [7, 11) is 0. The molecule has 1 N–H and O–H groups in total. The van der Waals surface area contributed by atoms with Gasteiger partial charge in [-0.1, -0.05) is 23.5 Å². The molecule has 0 radical (unpaired) electrons. The fourth-order valence-corrected chi connectivity index (χ4v) is 4.44. The molecule has 1 aliphatic rings. The average molecular weight is 414 g/mol. The Morgan fingerprint density at radius 2 is 2.07 bits per heavy atom. The number of H-pyrrole nitrogens is 1. The van der Waals surface area contributed by atoms with E-state index in [0.29, 0.717) is 18.3 Å². The van der Waals surface area contributed by atoms with Gasteiger partial charge >= 0.3 is 5.69 Å². The lowest BCUT2D eigenvalue weighted by molar-refractivity contribution is -0.133. The van der Waals surface area contributed by atoms with Crippen LogP contribution in [0.5, 0.6) is 5.19 Å². The molecule has 0 unspecified atom stereocenters. The third kappa shape index (κ3) is 4.40. The Bertz CT molecular complexity index is 1140. The Morgan fingerprint density at radius 1 is 1.28 bits per heavy atom. The highest BCUT2D eigenvalue weighted by Gasteiger charge is 2.24. The van der Waals surface area contributed by atoms with E-state index in [1.54, 1.807) is 16.2 Å². The number of aromatic amines is 1. The molecule has 0 spiro atoms. The molecule has 9 heteroatoms. The van der Waals surface area contributed by atoms with E-state index in [4.69, 9.17) is 4.74 Å². The van der Waals surface area contributed by atoms with Gasteiger partial charge in [-0.2, -0.15) is 0 Å². The summed E-state index contributed by atoms with van der Waals surface area (Å²) in [6, 6.07) is 7.38. The van der Waals surface area contributed by atoms with Crippen LogP contribution >= 0.6 is 11.3 Å². The first-order valence-corrected chi connectivity index (χ1v) is 10.4. The second-order valence-corrected chi connectivity index (χ2v) is 8.15. The highest BCUT2D eigenvalue weighted by Crippen LogP contribution is 2.31. The number of rotatable bonds is 5. The van der Waals surface area contributed by atoms with E-state index in [1.165, 1.54) is 16.8 Å². The lowest BCUT2D eigenvalue weighted by atomic mass is 10.1. The zero-order chi connectivity index (χ0) is 20.4. The number of amides is 1. The predicted molar refractivity (Wildman–Crippen MR) is 111 cm³/mol. The molecular formula is C20H22N4O4S. The molecule has 152 valence electrons. The van der Waals surface area contributed by atoms with Gasteiger partial charge in [-0.05, 0) is 18.6 Å². The standard InChI is InChI=1S/C20H22N4O4S/c1-13-3-2-4-15-18(13)22-20(29-15)28-14-5-9-23(10-6-14)17(26)8-12-24-11-7-16(25)21-19(24)27/h2-4,7,11,14H,5-6,8-10,12H2,1H3,(H,21,25,27). The zero-order valence-electron chi connectivity index (χ0n) is 16.1. The molecule has 1 fully saturated rings. The van der Waals surface area contributed by atoms with Gasteiger partial charge in [0.05, 0.1) is 10.2 Å². The number of likely N-dealkylation sites (tertiary alicyclic amines) is 1. The van der Waals surface area contributed by atoms with Gasteiger partial charge in [0.1, 0.15) is 6.10 Å². The van der Waals surface area contributed by atoms with E-state index in [-0.39, 0.29) is 25.0 Å². The van der Waals surface area contributed by atoms with Crippen LogP contribution in [0.3, 0.4) is 0 Å². The van der Waals surface area contributed by atoms with E-state index in [0.717, 1.165) is 28.6 Å². The van der Waals surface area contributed by atoms with Crippen molar-refractivity contribution in [2.45, 2.75) is 38.8 Å². The summed E-state index contributed by atoms with van der Waals surface area (Å²) in [6.45, 7) is 3.52. The van der Waals surface area contributed by atoms with Crippen molar-refractivity contribution in [1.29, 1.82) is 0 Å². The highest BCUT2D eigenvalue weighted by molar-refractivity contribution is 7.20. The first-order valence-electron chi connectivity index (χ1n) is 9.60. The van der Waals surface area contributed by atoms with Crippen LogP contribution in [0.1, 0.15) is 24.8 Å². The number of aryl methyl sites for hydroxylation is 2. The summed E-state index contributed by atoms with van der Waals surface area (Å²) >= 11 is 1.55. The second-order valence-electron chi connectivity index (χ2n) is 7.15. The maximum absolute atomic E-state index is 12.5. The number of piperidine rings is 1. The first-order chi connectivity index (χ1) is 14.0. The highest BCUT2D eigenvalue weighted by atomic mass is 32.1. The molecule has 3 aromatic rings. The fraction of sp³-hybridized carbons (Fsp3) is 0.400. The van der Waals surface area contributed by atoms with E-state index in [2.05, 4.69) is 9.97 Å². The number of para-hydroxylation sites is 1. The number of thiazole rings is 1. The molecule has 29 heavy (non-hydrogen) atoms. The molecule has 2 aromatic heterocycles. The third-order valence-corrected chi connectivity index (χ3v) is 6.04. The van der Waals surface area contributed by atoms with Crippen LogP contribution in [0.15, 0.2) is 40.1 Å². The van der Waals surface area contributed by atoms with Crippen molar-refractivity contribution < 1.29 is 9.53 Å². The van der Waals surface area contributed by atoms with Crippen LogP contribution in [0, 0.1) is 6.92 Å². The smallest absolute Gasteiger partial charge is 0.328 e. The van der Waals surface area contributed by atoms with Crippen LogP contribution in [0.4, 0.5) is 0 Å². The van der Waals surface area contributed by atoms with E-state index in [9.17, 15) is 14.4 Å². The largest absolute Gasteiger partial charge is 0.467 e. The van der Waals surface area contributed by atoms with Gasteiger partial charge in [0.15, 0.2) is 0 Å². The van der Waals surface area contributed by atoms with Crippen molar-refractivity contribution in [3.63, 3.8) is 0 Å². The lowest BCUT2D eigenvalue weighted by Gasteiger charge is -2.31. The van der Waals surface area contributed by atoms with Crippen LogP contribution in [0.25, 0.3) is 10.2 Å². The van der Waals surface area contributed by atoms with Gasteiger partial charge in [0, 0.05) is 51.2 Å². The number of ether oxygens (including phenoxy) is 1. The normalized spacial score (nSPS) is 15.0. The van der Waals surface area contributed by atoms with Gasteiger partial charge in [-0.3, -0.25) is 14.6 Å². The van der Waals surface area contributed by atoms with Crippen LogP contribution in [0.2, 0.25) is 0 Å². The number of carbonyl (C=O) groups excluding carboxylic acids is 1. The maximum atomic E-state index is 12.5. The summed E-state index contributed by atoms with van der Waals surface area (Å²) in [4.78, 5) is 43.8. The summed E-state index contributed by atoms with van der Waals surface area (Å²) in [5.74, 6) is -0.00263. The van der Waals surface area contributed by atoms with Crippen molar-refractivity contribution in [2.75, 3.05) is 13.1 Å². The van der Waals surface area contributed by atoms with Crippen molar-refractivity contribution in [1.82, 2.24) is 19.4 Å². The molecule has 4 rings (SSSR count). The minimum atomic E-state index is -0.497. The number of carbonyl (C=O) groups is 1. The number of nitrogens with zero attached hydrogens (tertiary/aromatic N) is 3. The quantitative estimate of drug-likeness (QED) is 0.688. The topological polar surface area (TPSA) is 97.3 Å². The van der Waals surface area contributed by atoms with E-state index in [1.807, 2.05) is 25.1 Å². The number of fused-ring (bicyclic) bond motifs is 1. The molecule has 3 heterocycles. The van der Waals surface area contributed by atoms with Crippen LogP contribution in [-0.2, 0) is 11.3 Å². The first kappa shape index (κ1) is 19.4. The minimum absolute atomic E-state index is 0.00263. The molecule has 0 aliphatic carbocycles. The Hall–Kier alpha value is -2.94. The van der Waals surface area contributed by atoms with Gasteiger partial charge < -0.3 is 14.2 Å². The fourth-order valence-electron chi connectivity index (χ4n) is 3.48. The molecule has 0 atom stereocenters. The second kappa shape index (κ2) is 8.20. The van der Waals surface area contributed by atoms with Gasteiger partial charge in [-0.25, -0.2) is 9.78 Å². The molecule has 1 aliphatic heterocycles. The molecule has 0 bridgehead atoms. The number of aromatic nitrogens is 3.